The van der Waals surface area contributed by atoms with Crippen LogP contribution in [-0.2, 0) is 24.3 Å². The lowest BCUT2D eigenvalue weighted by Crippen LogP contribution is -2.56. The topological polar surface area (TPSA) is 167 Å². The van der Waals surface area contributed by atoms with Gasteiger partial charge < -0.3 is 30.7 Å². The molecular formula is C29H36F2N6O7S. The minimum atomic E-state index is -3.47. The van der Waals surface area contributed by atoms with E-state index in [1.54, 1.807) is 12.1 Å². The summed E-state index contributed by atoms with van der Waals surface area (Å²) in [4.78, 5) is 40.1. The highest BCUT2D eigenvalue weighted by atomic mass is 32.2. The average molecular weight is 651 g/mol. The van der Waals surface area contributed by atoms with Gasteiger partial charge in [-0.1, -0.05) is 24.3 Å². The van der Waals surface area contributed by atoms with E-state index in [1.807, 2.05) is 12.1 Å². The van der Waals surface area contributed by atoms with E-state index in [2.05, 4.69) is 26.0 Å². The SMILES string of the molecule is COCC1=C(C(=O)OC)[C@H](c2ccc(F)c(F)c2)N(C(=O)NCCNC2CCNC(c3ccccc3NS(C)(=O)=O)C2)C(=O)N1. The van der Waals surface area contributed by atoms with E-state index in [9.17, 15) is 31.6 Å². The minimum absolute atomic E-state index is 0.0172. The second-order valence-electron chi connectivity index (χ2n) is 10.6. The summed E-state index contributed by atoms with van der Waals surface area (Å²) in [7, 11) is -1.02. The average Bonchev–Trinajstić information content (AvgIpc) is 2.99. The first kappa shape index (κ1) is 33.8. The highest BCUT2D eigenvalue weighted by Gasteiger charge is 2.43. The van der Waals surface area contributed by atoms with Gasteiger partial charge in [0.2, 0.25) is 10.0 Å². The lowest BCUT2D eigenvalue weighted by molar-refractivity contribution is -0.137. The van der Waals surface area contributed by atoms with E-state index >= 15 is 0 Å². The Kier molecular flexibility index (Phi) is 11.1. The molecule has 244 valence electrons. The maximum absolute atomic E-state index is 14.3. The third kappa shape index (κ3) is 8.33. The Labute approximate surface area is 259 Å². The summed E-state index contributed by atoms with van der Waals surface area (Å²) in [5, 5.41) is 11.9. The van der Waals surface area contributed by atoms with Crippen LogP contribution in [0, 0.1) is 11.6 Å². The second-order valence-corrected chi connectivity index (χ2v) is 12.3. The number of rotatable bonds is 11. The Balaban J connectivity index is 1.45. The zero-order valence-corrected chi connectivity index (χ0v) is 25.8. The van der Waals surface area contributed by atoms with Gasteiger partial charge in [0.15, 0.2) is 11.6 Å². The van der Waals surface area contributed by atoms with Gasteiger partial charge in [-0.3, -0.25) is 4.72 Å². The van der Waals surface area contributed by atoms with Crippen LogP contribution in [0.5, 0.6) is 0 Å². The Morgan fingerprint density at radius 3 is 2.53 bits per heavy atom. The molecular weight excluding hydrogens is 614 g/mol. The van der Waals surface area contributed by atoms with E-state index in [-0.39, 0.29) is 42.1 Å². The second kappa shape index (κ2) is 14.8. The number of para-hydroxylation sites is 1. The van der Waals surface area contributed by atoms with Crippen molar-refractivity contribution in [1.29, 1.82) is 0 Å². The van der Waals surface area contributed by atoms with Crippen molar-refractivity contribution in [3.63, 3.8) is 0 Å². The van der Waals surface area contributed by atoms with Crippen LogP contribution >= 0.6 is 0 Å². The molecule has 0 radical (unpaired) electrons. The number of carbonyl (C=O) groups excluding carboxylic acids is 3. The molecule has 5 N–H and O–H groups in total. The molecule has 3 atom stereocenters. The van der Waals surface area contributed by atoms with Gasteiger partial charge in [0, 0.05) is 32.3 Å². The summed E-state index contributed by atoms with van der Waals surface area (Å²) in [6.07, 6.45) is 2.50. The van der Waals surface area contributed by atoms with Crippen LogP contribution in [0.4, 0.5) is 24.1 Å². The number of amides is 4. The summed E-state index contributed by atoms with van der Waals surface area (Å²) in [6.45, 7) is 0.836. The number of esters is 1. The van der Waals surface area contributed by atoms with Crippen molar-refractivity contribution in [1.82, 2.24) is 26.2 Å². The molecule has 2 aromatic carbocycles. The van der Waals surface area contributed by atoms with Crippen LogP contribution < -0.4 is 26.0 Å². The third-order valence-electron chi connectivity index (χ3n) is 7.38. The minimum Gasteiger partial charge on any atom is -0.466 e. The van der Waals surface area contributed by atoms with Crippen molar-refractivity contribution in [3.8, 4) is 0 Å². The summed E-state index contributed by atoms with van der Waals surface area (Å²) < 4.78 is 64.3. The fourth-order valence-corrected chi connectivity index (χ4v) is 6.03. The lowest BCUT2D eigenvalue weighted by Gasteiger charge is -2.36. The third-order valence-corrected chi connectivity index (χ3v) is 7.97. The number of carbonyl (C=O) groups is 3. The fraction of sp³-hybridized carbons (Fsp3) is 0.414. The molecule has 16 heteroatoms. The van der Waals surface area contributed by atoms with Gasteiger partial charge in [0.05, 0.1) is 36.9 Å². The molecule has 4 rings (SSSR count). The standard InChI is InChI=1S/C29H36F2N6O7S/c1-43-16-24-25(27(38)44-2)26(17-8-9-20(30)21(31)14-17)37(29(40)35-24)28(39)34-13-12-32-18-10-11-33-23(15-18)19-6-4-5-7-22(19)36-45(3,41)42/h4-9,14,18,23,26,32-33,36H,10-13,15-16H2,1-3H3,(H,34,39)(H,35,40)/t18?,23?,26-/m0/s1. The van der Waals surface area contributed by atoms with Crippen LogP contribution in [0.1, 0.15) is 36.1 Å². The van der Waals surface area contributed by atoms with E-state index in [0.29, 0.717) is 30.1 Å². The van der Waals surface area contributed by atoms with Crippen LogP contribution in [0.3, 0.4) is 0 Å². The quantitative estimate of drug-likeness (QED) is 0.181. The summed E-state index contributed by atoms with van der Waals surface area (Å²) in [6, 6.07) is 6.63. The molecule has 2 heterocycles. The molecule has 2 aliphatic rings. The van der Waals surface area contributed by atoms with Crippen molar-refractivity contribution >= 4 is 33.7 Å². The molecule has 45 heavy (non-hydrogen) atoms. The van der Waals surface area contributed by atoms with Gasteiger partial charge >= 0.3 is 18.0 Å². The summed E-state index contributed by atoms with van der Waals surface area (Å²) in [5.41, 5.74) is 1.12. The van der Waals surface area contributed by atoms with Crippen LogP contribution in [-0.4, -0.2) is 84.1 Å². The largest absolute Gasteiger partial charge is 0.466 e. The number of sulfonamides is 1. The summed E-state index contributed by atoms with van der Waals surface area (Å²) in [5.74, 6) is -3.27. The van der Waals surface area contributed by atoms with Crippen molar-refractivity contribution < 1.29 is 41.1 Å². The van der Waals surface area contributed by atoms with Crippen molar-refractivity contribution in [2.45, 2.75) is 31.0 Å². The van der Waals surface area contributed by atoms with Gasteiger partial charge in [-0.2, -0.15) is 0 Å². The zero-order chi connectivity index (χ0) is 32.7. The van der Waals surface area contributed by atoms with Crippen LogP contribution in [0.2, 0.25) is 0 Å². The molecule has 0 aliphatic carbocycles. The molecule has 4 amide bonds. The molecule has 2 unspecified atom stereocenters. The van der Waals surface area contributed by atoms with Crippen LogP contribution in [0.15, 0.2) is 53.7 Å². The monoisotopic (exact) mass is 650 g/mol. The number of anilines is 1. The molecule has 0 bridgehead atoms. The van der Waals surface area contributed by atoms with Gasteiger partial charge in [-0.15, -0.1) is 0 Å². The molecule has 0 spiro atoms. The number of methoxy groups -OCH3 is 2. The molecule has 1 fully saturated rings. The maximum Gasteiger partial charge on any atom is 0.338 e. The zero-order valence-electron chi connectivity index (χ0n) is 25.0. The Hall–Kier alpha value is -4.12. The highest BCUT2D eigenvalue weighted by Crippen LogP contribution is 2.35. The van der Waals surface area contributed by atoms with Crippen molar-refractivity contribution in [2.24, 2.45) is 0 Å². The van der Waals surface area contributed by atoms with E-state index < -0.39 is 45.7 Å². The van der Waals surface area contributed by atoms with Gasteiger partial charge in [-0.05, 0) is 48.7 Å². The Morgan fingerprint density at radius 1 is 1.09 bits per heavy atom. The number of halogens is 2. The molecule has 0 aromatic heterocycles. The molecule has 2 aromatic rings. The highest BCUT2D eigenvalue weighted by molar-refractivity contribution is 7.92. The van der Waals surface area contributed by atoms with E-state index in [4.69, 9.17) is 9.47 Å². The number of hydrogen-bond acceptors (Lipinski definition) is 9. The summed E-state index contributed by atoms with van der Waals surface area (Å²) >= 11 is 0. The first-order valence-electron chi connectivity index (χ1n) is 14.1. The number of nitrogens with one attached hydrogen (secondary N) is 5. The molecule has 2 aliphatic heterocycles. The van der Waals surface area contributed by atoms with Crippen molar-refractivity contribution in [3.05, 3.63) is 76.5 Å². The normalized spacial score (nSPS) is 20.4. The Bertz CT molecular complexity index is 1570. The predicted molar refractivity (Wildman–Crippen MR) is 160 cm³/mol. The first-order chi connectivity index (χ1) is 21.4. The molecule has 0 saturated carbocycles. The van der Waals surface area contributed by atoms with E-state index in [1.165, 1.54) is 13.2 Å². The van der Waals surface area contributed by atoms with Gasteiger partial charge in [0.1, 0.15) is 6.04 Å². The van der Waals surface area contributed by atoms with E-state index in [0.717, 1.165) is 37.5 Å². The lowest BCUT2D eigenvalue weighted by atomic mass is 9.93. The Morgan fingerprint density at radius 2 is 1.84 bits per heavy atom. The predicted octanol–water partition coefficient (Wildman–Crippen LogP) is 2.27. The van der Waals surface area contributed by atoms with Gasteiger partial charge in [0.25, 0.3) is 0 Å². The van der Waals surface area contributed by atoms with Gasteiger partial charge in [-0.25, -0.2) is 36.5 Å². The maximum atomic E-state index is 14.3. The number of urea groups is 2. The number of nitrogens with zero attached hydrogens (tertiary/aromatic N) is 1. The number of imide groups is 1. The number of hydrogen-bond donors (Lipinski definition) is 5. The van der Waals surface area contributed by atoms with Crippen molar-refractivity contribution in [2.75, 3.05) is 51.4 Å². The number of piperidine rings is 1. The molecule has 1 saturated heterocycles. The fourth-order valence-electron chi connectivity index (χ4n) is 5.44. The number of ether oxygens (including phenoxy) is 2. The first-order valence-corrected chi connectivity index (χ1v) is 16.0. The molecule has 13 nitrogen and oxygen atoms in total. The van der Waals surface area contributed by atoms with Crippen LogP contribution in [0.25, 0.3) is 0 Å². The number of benzene rings is 2. The smallest absolute Gasteiger partial charge is 0.338 e.